The Labute approximate surface area is 146 Å². The Hall–Kier alpha value is -2.51. The van der Waals surface area contributed by atoms with Crippen LogP contribution in [0.4, 0.5) is 0 Å². The van der Waals surface area contributed by atoms with Crippen molar-refractivity contribution in [1.29, 1.82) is 0 Å². The summed E-state index contributed by atoms with van der Waals surface area (Å²) in [5.74, 6) is 0. The molecule has 25 heavy (non-hydrogen) atoms. The Morgan fingerprint density at radius 3 is 3.08 bits per heavy atom. The highest BCUT2D eigenvalue weighted by Gasteiger charge is 2.16. The zero-order chi connectivity index (χ0) is 17.1. The molecule has 1 fully saturated rings. The number of hydrogen-bond acceptors (Lipinski definition) is 5. The molecule has 0 amide bonds. The van der Waals surface area contributed by atoms with Crippen LogP contribution in [0.3, 0.4) is 0 Å². The van der Waals surface area contributed by atoms with E-state index < -0.39 is 0 Å². The molecule has 3 heterocycles. The summed E-state index contributed by atoms with van der Waals surface area (Å²) in [6.45, 7) is 5.41. The van der Waals surface area contributed by atoms with E-state index in [2.05, 4.69) is 45.7 Å². The number of nitrogens with one attached hydrogen (secondary N) is 1. The molecule has 1 atom stereocenters. The molecule has 0 bridgehead atoms. The van der Waals surface area contributed by atoms with Crippen LogP contribution in [0, 0.1) is 6.92 Å². The molecule has 1 aliphatic heterocycles. The molecule has 4 rings (SSSR count). The van der Waals surface area contributed by atoms with E-state index in [1.165, 1.54) is 11.1 Å². The van der Waals surface area contributed by atoms with E-state index >= 15 is 0 Å². The fourth-order valence-electron chi connectivity index (χ4n) is 3.10. The van der Waals surface area contributed by atoms with Gasteiger partial charge in [-0.2, -0.15) is 0 Å². The second-order valence-electron chi connectivity index (χ2n) is 6.39. The topological polar surface area (TPSA) is 69.8 Å². The van der Waals surface area contributed by atoms with Gasteiger partial charge in [-0.05, 0) is 30.2 Å². The number of hydrogen-bond donors (Lipinski definition) is 1. The third kappa shape index (κ3) is 3.78. The van der Waals surface area contributed by atoms with Crippen LogP contribution in [0.2, 0.25) is 0 Å². The number of rotatable bonds is 5. The Balaban J connectivity index is 1.43. The Morgan fingerprint density at radius 2 is 2.32 bits per heavy atom. The first kappa shape index (κ1) is 16.0. The summed E-state index contributed by atoms with van der Waals surface area (Å²) in [4.78, 5) is 4.09. The molecule has 0 saturated carbocycles. The quantitative estimate of drug-likeness (QED) is 0.760. The second kappa shape index (κ2) is 7.16. The lowest BCUT2D eigenvalue weighted by molar-refractivity contribution is 0.0286. The molecule has 1 N–H and O–H groups in total. The lowest BCUT2D eigenvalue weighted by Crippen LogP contribution is -2.39. The summed E-state index contributed by atoms with van der Waals surface area (Å²) in [5.41, 5.74) is 4.54. The van der Waals surface area contributed by atoms with Gasteiger partial charge in [-0.1, -0.05) is 11.3 Å². The maximum Gasteiger partial charge on any atom is 0.0991 e. The van der Waals surface area contributed by atoms with E-state index in [1.807, 2.05) is 21.6 Å². The monoisotopic (exact) mass is 338 g/mol. The molecule has 7 nitrogen and oxygen atoms in total. The van der Waals surface area contributed by atoms with Crippen molar-refractivity contribution in [2.45, 2.75) is 26.0 Å². The van der Waals surface area contributed by atoms with Crippen LogP contribution in [0.25, 0.3) is 5.69 Å². The van der Waals surface area contributed by atoms with E-state index in [1.54, 1.807) is 12.5 Å². The van der Waals surface area contributed by atoms with Gasteiger partial charge in [0, 0.05) is 43.8 Å². The summed E-state index contributed by atoms with van der Waals surface area (Å²) in [6.07, 6.45) is 8.54. The largest absolute Gasteiger partial charge is 0.375 e. The molecule has 1 saturated heterocycles. The van der Waals surface area contributed by atoms with Gasteiger partial charge in [0.15, 0.2) is 0 Å². The minimum absolute atomic E-state index is 0.190. The molecule has 0 spiro atoms. The summed E-state index contributed by atoms with van der Waals surface area (Å²) >= 11 is 0. The molecule has 2 aromatic heterocycles. The summed E-state index contributed by atoms with van der Waals surface area (Å²) in [5, 5.41) is 11.9. The van der Waals surface area contributed by atoms with Gasteiger partial charge in [-0.3, -0.25) is 0 Å². The SMILES string of the molecule is Cc1cc(-n2ccnc2)ccc1Cn1cc(CC2CNCCO2)nn1. The normalized spacial score (nSPS) is 17.7. The van der Waals surface area contributed by atoms with Gasteiger partial charge in [0.2, 0.25) is 0 Å². The second-order valence-corrected chi connectivity index (χ2v) is 6.39. The molecule has 1 aliphatic rings. The molecular weight excluding hydrogens is 316 g/mol. The average Bonchev–Trinajstić information content (AvgIpc) is 3.30. The van der Waals surface area contributed by atoms with Crippen LogP contribution >= 0.6 is 0 Å². The Bertz CT molecular complexity index is 820. The van der Waals surface area contributed by atoms with Crippen molar-refractivity contribution < 1.29 is 4.74 Å². The number of aromatic nitrogens is 5. The van der Waals surface area contributed by atoms with E-state index in [0.29, 0.717) is 6.54 Å². The molecule has 7 heteroatoms. The highest BCUT2D eigenvalue weighted by atomic mass is 16.5. The average molecular weight is 338 g/mol. The van der Waals surface area contributed by atoms with E-state index in [4.69, 9.17) is 4.74 Å². The van der Waals surface area contributed by atoms with Gasteiger partial charge >= 0.3 is 0 Å². The molecule has 1 aromatic carbocycles. The predicted octanol–water partition coefficient (Wildman–Crippen LogP) is 1.35. The lowest BCUT2D eigenvalue weighted by atomic mass is 10.1. The molecule has 1 unspecified atom stereocenters. The number of benzene rings is 1. The van der Waals surface area contributed by atoms with Crippen LogP contribution in [0.15, 0.2) is 43.1 Å². The van der Waals surface area contributed by atoms with Gasteiger partial charge in [-0.15, -0.1) is 5.10 Å². The third-order valence-electron chi connectivity index (χ3n) is 4.49. The smallest absolute Gasteiger partial charge is 0.0991 e. The van der Waals surface area contributed by atoms with Crippen LogP contribution in [0.5, 0.6) is 0 Å². The molecule has 0 aliphatic carbocycles. The number of aryl methyl sites for hydroxylation is 1. The number of nitrogens with zero attached hydrogens (tertiary/aromatic N) is 5. The van der Waals surface area contributed by atoms with Gasteiger partial charge in [0.05, 0.1) is 31.3 Å². The maximum absolute atomic E-state index is 5.73. The highest BCUT2D eigenvalue weighted by molar-refractivity contribution is 5.40. The minimum Gasteiger partial charge on any atom is -0.375 e. The first-order valence-electron chi connectivity index (χ1n) is 8.57. The van der Waals surface area contributed by atoms with Crippen LogP contribution in [-0.4, -0.2) is 50.3 Å². The molecular formula is C18H22N6O. The zero-order valence-corrected chi connectivity index (χ0v) is 14.3. The van der Waals surface area contributed by atoms with Crippen molar-refractivity contribution in [2.75, 3.05) is 19.7 Å². The Kier molecular flexibility index (Phi) is 4.58. The minimum atomic E-state index is 0.190. The van der Waals surface area contributed by atoms with Crippen molar-refractivity contribution in [3.05, 3.63) is 59.9 Å². The maximum atomic E-state index is 5.73. The predicted molar refractivity (Wildman–Crippen MR) is 93.7 cm³/mol. The van der Waals surface area contributed by atoms with E-state index in [9.17, 15) is 0 Å². The van der Waals surface area contributed by atoms with Gasteiger partial charge in [0.25, 0.3) is 0 Å². The standard InChI is InChI=1S/C18H22N6O/c1-14-8-17(23-6-4-20-13-23)3-2-15(14)11-24-12-16(21-22-24)9-18-10-19-5-7-25-18/h2-4,6,8,12-13,18-19H,5,7,9-11H2,1H3. The van der Waals surface area contributed by atoms with Crippen LogP contribution in [0.1, 0.15) is 16.8 Å². The van der Waals surface area contributed by atoms with Crippen molar-refractivity contribution >= 4 is 0 Å². The number of imidazole rings is 1. The fraction of sp³-hybridized carbons (Fsp3) is 0.389. The van der Waals surface area contributed by atoms with Crippen LogP contribution in [-0.2, 0) is 17.7 Å². The molecule has 130 valence electrons. The van der Waals surface area contributed by atoms with E-state index in [-0.39, 0.29) is 6.10 Å². The van der Waals surface area contributed by atoms with Crippen molar-refractivity contribution in [2.24, 2.45) is 0 Å². The van der Waals surface area contributed by atoms with Gasteiger partial charge in [0.1, 0.15) is 0 Å². The number of morpholine rings is 1. The summed E-state index contributed by atoms with van der Waals surface area (Å²) < 4.78 is 9.63. The van der Waals surface area contributed by atoms with Crippen molar-refractivity contribution in [3.63, 3.8) is 0 Å². The summed E-state index contributed by atoms with van der Waals surface area (Å²) in [7, 11) is 0. The molecule has 0 radical (unpaired) electrons. The zero-order valence-electron chi connectivity index (χ0n) is 14.3. The first-order chi connectivity index (χ1) is 12.3. The first-order valence-corrected chi connectivity index (χ1v) is 8.57. The third-order valence-corrected chi connectivity index (χ3v) is 4.49. The number of ether oxygens (including phenoxy) is 1. The van der Waals surface area contributed by atoms with Crippen molar-refractivity contribution in [3.8, 4) is 5.69 Å². The van der Waals surface area contributed by atoms with Crippen molar-refractivity contribution in [1.82, 2.24) is 29.9 Å². The van der Waals surface area contributed by atoms with Gasteiger partial charge in [-0.25, -0.2) is 9.67 Å². The highest BCUT2D eigenvalue weighted by Crippen LogP contribution is 2.16. The van der Waals surface area contributed by atoms with Gasteiger partial charge < -0.3 is 14.6 Å². The lowest BCUT2D eigenvalue weighted by Gasteiger charge is -2.22. The fourth-order valence-corrected chi connectivity index (χ4v) is 3.10. The van der Waals surface area contributed by atoms with Crippen LogP contribution < -0.4 is 5.32 Å². The molecule has 3 aromatic rings. The van der Waals surface area contributed by atoms with E-state index in [0.717, 1.165) is 37.5 Å². The summed E-state index contributed by atoms with van der Waals surface area (Å²) in [6, 6.07) is 6.40. The Morgan fingerprint density at radius 1 is 1.36 bits per heavy atom.